The third-order valence-corrected chi connectivity index (χ3v) is 4.04. The van der Waals surface area contributed by atoms with Crippen LogP contribution in [-0.4, -0.2) is 18.9 Å². The Hall–Kier alpha value is -0.820. The first-order chi connectivity index (χ1) is 7.34. The summed E-state index contributed by atoms with van der Waals surface area (Å²) in [7, 11) is -4.92. The van der Waals surface area contributed by atoms with Crippen molar-refractivity contribution in [3.05, 3.63) is 35.9 Å². The Kier molecular flexibility index (Phi) is 3.80. The molecule has 0 spiro atoms. The molecule has 0 radical (unpaired) electrons. The lowest BCUT2D eigenvalue weighted by atomic mass is 10.1. The van der Waals surface area contributed by atoms with Gasteiger partial charge in [-0.2, -0.15) is 8.42 Å². The van der Waals surface area contributed by atoms with Gasteiger partial charge in [0.05, 0.1) is 0 Å². The van der Waals surface area contributed by atoms with Gasteiger partial charge in [0, 0.05) is 5.56 Å². The standard InChI is InChI=1S/C8H6Cl2O5S/c9-8(7(11)15-10,16(12,13)14)6-4-2-1-3-5-6/h1-5H,(H,12,13,14). The van der Waals surface area contributed by atoms with Gasteiger partial charge < -0.3 is 4.29 Å². The van der Waals surface area contributed by atoms with Crippen molar-refractivity contribution in [3.8, 4) is 0 Å². The minimum Gasteiger partial charge on any atom is -0.344 e. The molecule has 16 heavy (non-hydrogen) atoms. The highest BCUT2D eigenvalue weighted by Crippen LogP contribution is 2.36. The fourth-order valence-electron chi connectivity index (χ4n) is 1.07. The highest BCUT2D eigenvalue weighted by Gasteiger charge is 2.52. The summed E-state index contributed by atoms with van der Waals surface area (Å²) in [5.41, 5.74) is -0.162. The average Bonchev–Trinajstić information content (AvgIpc) is 2.26. The SMILES string of the molecule is O=C(OCl)C(Cl)(c1ccccc1)S(=O)(=O)O. The Labute approximate surface area is 102 Å². The van der Waals surface area contributed by atoms with Gasteiger partial charge in [0.2, 0.25) is 0 Å². The van der Waals surface area contributed by atoms with Crippen molar-refractivity contribution in [1.29, 1.82) is 0 Å². The quantitative estimate of drug-likeness (QED) is 0.674. The molecule has 0 amide bonds. The zero-order valence-electron chi connectivity index (χ0n) is 7.63. The molecule has 0 aliphatic carbocycles. The zero-order valence-corrected chi connectivity index (χ0v) is 9.96. The molecule has 8 heteroatoms. The van der Waals surface area contributed by atoms with Gasteiger partial charge >= 0.3 is 16.1 Å². The highest BCUT2D eigenvalue weighted by atomic mass is 35.5. The monoisotopic (exact) mass is 284 g/mol. The van der Waals surface area contributed by atoms with Crippen molar-refractivity contribution in [2.24, 2.45) is 0 Å². The van der Waals surface area contributed by atoms with Crippen LogP contribution < -0.4 is 0 Å². The van der Waals surface area contributed by atoms with Gasteiger partial charge in [0.1, 0.15) is 11.9 Å². The molecule has 0 saturated heterocycles. The molecule has 5 nitrogen and oxygen atoms in total. The van der Waals surface area contributed by atoms with Crippen LogP contribution in [0.5, 0.6) is 0 Å². The van der Waals surface area contributed by atoms with E-state index >= 15 is 0 Å². The van der Waals surface area contributed by atoms with Crippen LogP contribution in [0.25, 0.3) is 0 Å². The summed E-state index contributed by atoms with van der Waals surface area (Å²) in [5, 5.41) is 0. The van der Waals surface area contributed by atoms with E-state index in [2.05, 4.69) is 4.29 Å². The number of benzene rings is 1. The van der Waals surface area contributed by atoms with Gasteiger partial charge in [-0.1, -0.05) is 41.9 Å². The molecule has 0 bridgehead atoms. The number of hydrogen-bond donors (Lipinski definition) is 1. The van der Waals surface area contributed by atoms with Crippen molar-refractivity contribution in [3.63, 3.8) is 0 Å². The van der Waals surface area contributed by atoms with Gasteiger partial charge in [0.25, 0.3) is 4.21 Å². The van der Waals surface area contributed by atoms with Crippen LogP contribution in [0.4, 0.5) is 0 Å². The maximum Gasteiger partial charge on any atom is 0.368 e. The smallest absolute Gasteiger partial charge is 0.344 e. The van der Waals surface area contributed by atoms with Crippen LogP contribution in [0.15, 0.2) is 30.3 Å². The number of rotatable bonds is 3. The summed E-state index contributed by atoms with van der Waals surface area (Å²) in [6, 6.07) is 6.96. The van der Waals surface area contributed by atoms with Crippen molar-refractivity contribution in [2.75, 3.05) is 0 Å². The summed E-state index contributed by atoms with van der Waals surface area (Å²) in [4.78, 5) is 11.3. The number of halogens is 2. The van der Waals surface area contributed by atoms with Crippen molar-refractivity contribution in [1.82, 2.24) is 0 Å². The van der Waals surface area contributed by atoms with Gasteiger partial charge in [0.15, 0.2) is 0 Å². The highest BCUT2D eigenvalue weighted by molar-refractivity contribution is 7.89. The normalized spacial score (nSPS) is 15.2. The van der Waals surface area contributed by atoms with Gasteiger partial charge in [-0.05, 0) is 0 Å². The van der Waals surface area contributed by atoms with E-state index < -0.39 is 20.3 Å². The topological polar surface area (TPSA) is 80.7 Å². The second kappa shape index (κ2) is 4.58. The van der Waals surface area contributed by atoms with E-state index in [0.29, 0.717) is 0 Å². The fourth-order valence-corrected chi connectivity index (χ4v) is 2.13. The molecule has 1 unspecified atom stereocenters. The maximum atomic E-state index is 11.3. The Bertz CT molecular complexity index is 486. The van der Waals surface area contributed by atoms with Crippen LogP contribution in [0.2, 0.25) is 0 Å². The first-order valence-electron chi connectivity index (χ1n) is 3.88. The van der Waals surface area contributed by atoms with E-state index in [4.69, 9.17) is 28.0 Å². The molecule has 1 rings (SSSR count). The third-order valence-electron chi connectivity index (χ3n) is 1.83. The zero-order chi connectivity index (χ0) is 12.4. The van der Waals surface area contributed by atoms with E-state index in [1.54, 1.807) is 6.07 Å². The van der Waals surface area contributed by atoms with E-state index in [0.717, 1.165) is 0 Å². The molecule has 0 aliphatic rings. The van der Waals surface area contributed by atoms with E-state index in [-0.39, 0.29) is 5.56 Å². The minimum absolute atomic E-state index is 0.162. The first kappa shape index (κ1) is 13.2. The Balaban J connectivity index is 3.45. The number of carbonyl (C=O) groups excluding carboxylic acids is 1. The van der Waals surface area contributed by atoms with Crippen LogP contribution in [-0.2, 0) is 23.4 Å². The molecular weight excluding hydrogens is 279 g/mol. The predicted molar refractivity (Wildman–Crippen MR) is 57.5 cm³/mol. The van der Waals surface area contributed by atoms with Crippen molar-refractivity contribution >= 4 is 39.6 Å². The largest absolute Gasteiger partial charge is 0.368 e. The number of hydrogen-bond acceptors (Lipinski definition) is 4. The van der Waals surface area contributed by atoms with Crippen molar-refractivity contribution < 1.29 is 22.1 Å². The molecule has 0 fully saturated rings. The molecule has 1 atom stereocenters. The molecule has 1 N–H and O–H groups in total. The summed E-state index contributed by atoms with van der Waals surface area (Å²) >= 11 is 10.4. The molecule has 88 valence electrons. The number of carbonyl (C=O) groups is 1. The second-order valence-corrected chi connectivity index (χ2v) is 5.31. The molecule has 0 aliphatic heterocycles. The maximum absolute atomic E-state index is 11.3. The van der Waals surface area contributed by atoms with E-state index in [9.17, 15) is 13.2 Å². The molecular formula is C8H6Cl2O5S. The molecule has 1 aromatic rings. The summed E-state index contributed by atoms with van der Waals surface area (Å²) in [5.74, 6) is -1.50. The van der Waals surface area contributed by atoms with Crippen LogP contribution in [0.1, 0.15) is 5.56 Å². The van der Waals surface area contributed by atoms with Crippen LogP contribution in [0.3, 0.4) is 0 Å². The molecule has 1 aromatic carbocycles. The first-order valence-corrected chi connectivity index (χ1v) is 6.01. The lowest BCUT2D eigenvalue weighted by molar-refractivity contribution is -0.135. The summed E-state index contributed by atoms with van der Waals surface area (Å²) in [6.07, 6.45) is 0. The van der Waals surface area contributed by atoms with Crippen molar-refractivity contribution in [2.45, 2.75) is 4.21 Å². The molecule has 0 saturated carbocycles. The molecule has 0 aromatic heterocycles. The average molecular weight is 285 g/mol. The lowest BCUT2D eigenvalue weighted by Crippen LogP contribution is -2.38. The summed E-state index contributed by atoms with van der Waals surface area (Å²) < 4.78 is 32.2. The summed E-state index contributed by atoms with van der Waals surface area (Å²) in [6.45, 7) is 0. The minimum atomic E-state index is -4.92. The van der Waals surface area contributed by atoms with E-state index in [1.807, 2.05) is 0 Å². The Morgan fingerprint density at radius 1 is 1.31 bits per heavy atom. The van der Waals surface area contributed by atoms with Crippen LogP contribution >= 0.6 is 23.5 Å². The molecule has 0 heterocycles. The predicted octanol–water partition coefficient (Wildman–Crippen LogP) is 1.66. The third kappa shape index (κ3) is 2.15. The lowest BCUT2D eigenvalue weighted by Gasteiger charge is -2.19. The Morgan fingerprint density at radius 3 is 2.19 bits per heavy atom. The fraction of sp³-hybridized carbons (Fsp3) is 0.125. The Morgan fingerprint density at radius 2 is 1.81 bits per heavy atom. The van der Waals surface area contributed by atoms with Gasteiger partial charge in [-0.3, -0.25) is 4.55 Å². The van der Waals surface area contributed by atoms with Gasteiger partial charge in [-0.25, -0.2) is 4.79 Å². The van der Waals surface area contributed by atoms with Crippen LogP contribution in [0, 0.1) is 0 Å². The van der Waals surface area contributed by atoms with E-state index in [1.165, 1.54) is 24.3 Å². The van der Waals surface area contributed by atoms with Gasteiger partial charge in [-0.15, -0.1) is 0 Å². The second-order valence-electron chi connectivity index (χ2n) is 2.80. The number of alkyl halides is 1.